The van der Waals surface area contributed by atoms with Crippen LogP contribution in [0.25, 0.3) is 16.6 Å². The summed E-state index contributed by atoms with van der Waals surface area (Å²) >= 11 is 1.44. The highest BCUT2D eigenvalue weighted by Crippen LogP contribution is 2.25. The van der Waals surface area contributed by atoms with E-state index in [0.717, 1.165) is 21.8 Å². The summed E-state index contributed by atoms with van der Waals surface area (Å²) in [5.41, 5.74) is 4.78. The number of benzene rings is 1. The maximum absolute atomic E-state index is 12.9. The molecule has 2 aromatic heterocycles. The first-order valence-electron chi connectivity index (χ1n) is 9.77. The number of para-hydroxylation sites is 1. The van der Waals surface area contributed by atoms with Crippen molar-refractivity contribution >= 4 is 34.9 Å². The Labute approximate surface area is 183 Å². The first kappa shape index (κ1) is 20.7. The molecular weight excluding hydrogens is 414 g/mol. The van der Waals surface area contributed by atoms with Crippen LogP contribution in [0.2, 0.25) is 0 Å². The molecule has 2 N–H and O–H groups in total. The lowest BCUT2D eigenvalue weighted by Gasteiger charge is -2.36. The minimum atomic E-state index is -0.584. The predicted octanol–water partition coefficient (Wildman–Crippen LogP) is 2.69. The van der Waals surface area contributed by atoms with E-state index in [-0.39, 0.29) is 5.91 Å². The van der Waals surface area contributed by atoms with Gasteiger partial charge in [0.2, 0.25) is 0 Å². The van der Waals surface area contributed by atoms with Gasteiger partial charge in [-0.1, -0.05) is 18.2 Å². The van der Waals surface area contributed by atoms with Crippen molar-refractivity contribution in [2.45, 2.75) is 0 Å². The lowest BCUT2D eigenvalue weighted by Crippen LogP contribution is -2.49. The number of hydroxylamine groups is 1. The van der Waals surface area contributed by atoms with Crippen molar-refractivity contribution in [1.82, 2.24) is 20.3 Å². The van der Waals surface area contributed by atoms with Gasteiger partial charge in [-0.25, -0.2) is 10.5 Å². The van der Waals surface area contributed by atoms with Crippen molar-refractivity contribution in [3.05, 3.63) is 71.5 Å². The topological polar surface area (TPSA) is 98.7 Å². The van der Waals surface area contributed by atoms with Gasteiger partial charge in [-0.15, -0.1) is 11.3 Å². The normalized spacial score (nSPS) is 14.1. The van der Waals surface area contributed by atoms with Crippen molar-refractivity contribution in [1.29, 1.82) is 0 Å². The SMILES string of the molecule is O=C(C=Cc1ccccc1N1CCN(C(=O)c2csc(-c3cccnc3)n2)CC1)NO. The number of carbonyl (C=O) groups excluding carboxylic acids is 2. The third-order valence-electron chi connectivity index (χ3n) is 5.00. The van der Waals surface area contributed by atoms with E-state index in [1.807, 2.05) is 41.3 Å². The molecule has 8 nitrogen and oxygen atoms in total. The summed E-state index contributed by atoms with van der Waals surface area (Å²) in [6, 6.07) is 11.5. The average Bonchev–Trinajstić information content (AvgIpc) is 3.33. The second-order valence-electron chi connectivity index (χ2n) is 6.93. The van der Waals surface area contributed by atoms with Crippen molar-refractivity contribution < 1.29 is 14.8 Å². The number of piperazine rings is 1. The molecule has 1 aliphatic heterocycles. The van der Waals surface area contributed by atoms with E-state index < -0.39 is 5.91 Å². The number of nitrogens with one attached hydrogen (secondary N) is 1. The second kappa shape index (κ2) is 9.50. The van der Waals surface area contributed by atoms with Crippen molar-refractivity contribution in [3.8, 4) is 10.6 Å². The third-order valence-corrected chi connectivity index (χ3v) is 5.89. The highest BCUT2D eigenvalue weighted by molar-refractivity contribution is 7.13. The maximum Gasteiger partial charge on any atom is 0.273 e. The van der Waals surface area contributed by atoms with E-state index >= 15 is 0 Å². The lowest BCUT2D eigenvalue weighted by molar-refractivity contribution is -0.124. The van der Waals surface area contributed by atoms with Gasteiger partial charge in [0.05, 0.1) is 0 Å². The minimum absolute atomic E-state index is 0.0705. The molecule has 1 aromatic carbocycles. The van der Waals surface area contributed by atoms with Gasteiger partial charge in [-0.3, -0.25) is 19.8 Å². The quantitative estimate of drug-likeness (QED) is 0.363. The Balaban J connectivity index is 1.42. The molecular formula is C22H21N5O3S. The van der Waals surface area contributed by atoms with Crippen LogP contribution in [0.3, 0.4) is 0 Å². The fourth-order valence-electron chi connectivity index (χ4n) is 3.43. The average molecular weight is 436 g/mol. The van der Waals surface area contributed by atoms with Gasteiger partial charge in [0.15, 0.2) is 0 Å². The molecule has 0 atom stereocenters. The summed E-state index contributed by atoms with van der Waals surface area (Å²) in [4.78, 5) is 36.8. The zero-order chi connectivity index (χ0) is 21.6. The molecule has 0 bridgehead atoms. The zero-order valence-electron chi connectivity index (χ0n) is 16.6. The molecule has 158 valence electrons. The summed E-state index contributed by atoms with van der Waals surface area (Å²) in [6.07, 6.45) is 6.38. The summed E-state index contributed by atoms with van der Waals surface area (Å²) in [7, 11) is 0. The van der Waals surface area contributed by atoms with E-state index in [1.54, 1.807) is 29.3 Å². The molecule has 0 aliphatic carbocycles. The van der Waals surface area contributed by atoms with E-state index in [4.69, 9.17) is 5.21 Å². The molecule has 3 aromatic rings. The first-order valence-corrected chi connectivity index (χ1v) is 10.6. The lowest BCUT2D eigenvalue weighted by atomic mass is 10.1. The largest absolute Gasteiger partial charge is 0.367 e. The van der Waals surface area contributed by atoms with Crippen LogP contribution in [0.15, 0.2) is 60.2 Å². The number of nitrogens with zero attached hydrogens (tertiary/aromatic N) is 4. The monoisotopic (exact) mass is 435 g/mol. The summed E-state index contributed by atoms with van der Waals surface area (Å²) in [6.45, 7) is 2.49. The van der Waals surface area contributed by atoms with Crippen LogP contribution < -0.4 is 10.4 Å². The Bertz CT molecular complexity index is 1090. The Kier molecular flexibility index (Phi) is 6.34. The standard InChI is InChI=1S/C22H21N5O3S/c28-20(25-30)8-7-16-4-1-2-6-19(16)26-10-12-27(13-11-26)22(29)18-15-31-21(24-18)17-5-3-9-23-14-17/h1-9,14-15,30H,10-13H2,(H,25,28). The number of thiazole rings is 1. The van der Waals surface area contributed by atoms with Crippen molar-refractivity contribution in [3.63, 3.8) is 0 Å². The number of hydrogen-bond acceptors (Lipinski definition) is 7. The molecule has 9 heteroatoms. The first-order chi connectivity index (χ1) is 15.2. The number of aromatic nitrogens is 2. The number of carbonyl (C=O) groups is 2. The van der Waals surface area contributed by atoms with Gasteiger partial charge >= 0.3 is 0 Å². The van der Waals surface area contributed by atoms with E-state index in [2.05, 4.69) is 14.9 Å². The molecule has 31 heavy (non-hydrogen) atoms. The minimum Gasteiger partial charge on any atom is -0.367 e. The van der Waals surface area contributed by atoms with E-state index in [9.17, 15) is 9.59 Å². The Morgan fingerprint density at radius 1 is 1.10 bits per heavy atom. The summed E-state index contributed by atoms with van der Waals surface area (Å²) in [5, 5.41) is 11.2. The number of anilines is 1. The number of amides is 2. The van der Waals surface area contributed by atoms with Crippen LogP contribution in [0.5, 0.6) is 0 Å². The second-order valence-corrected chi connectivity index (χ2v) is 7.79. The molecule has 4 rings (SSSR count). The van der Waals surface area contributed by atoms with Crippen molar-refractivity contribution in [2.24, 2.45) is 0 Å². The fraction of sp³-hybridized carbons (Fsp3) is 0.182. The van der Waals surface area contributed by atoms with Crippen LogP contribution in [0.4, 0.5) is 5.69 Å². The predicted molar refractivity (Wildman–Crippen MR) is 119 cm³/mol. The highest BCUT2D eigenvalue weighted by atomic mass is 32.1. The fourth-order valence-corrected chi connectivity index (χ4v) is 4.21. The Morgan fingerprint density at radius 3 is 2.65 bits per heavy atom. The number of hydrogen-bond donors (Lipinski definition) is 2. The highest BCUT2D eigenvalue weighted by Gasteiger charge is 2.25. The number of rotatable bonds is 5. The van der Waals surface area contributed by atoms with Crippen molar-refractivity contribution in [2.75, 3.05) is 31.1 Å². The number of pyridine rings is 1. The summed E-state index contributed by atoms with van der Waals surface area (Å²) in [5.74, 6) is -0.655. The summed E-state index contributed by atoms with van der Waals surface area (Å²) < 4.78 is 0. The van der Waals surface area contributed by atoms with Crippen LogP contribution in [-0.4, -0.2) is 58.1 Å². The molecule has 0 radical (unpaired) electrons. The van der Waals surface area contributed by atoms with Crippen LogP contribution in [-0.2, 0) is 4.79 Å². The molecule has 1 fully saturated rings. The van der Waals surface area contributed by atoms with Gasteiger partial charge < -0.3 is 9.80 Å². The van der Waals surface area contributed by atoms with Gasteiger partial charge in [0.25, 0.3) is 11.8 Å². The molecule has 0 saturated carbocycles. The van der Waals surface area contributed by atoms with E-state index in [1.165, 1.54) is 17.4 Å². The Hall–Kier alpha value is -3.56. The third kappa shape index (κ3) is 4.79. The van der Waals surface area contributed by atoms with Gasteiger partial charge in [-0.2, -0.15) is 0 Å². The molecule has 1 saturated heterocycles. The van der Waals surface area contributed by atoms with Gasteiger partial charge in [0.1, 0.15) is 10.7 Å². The van der Waals surface area contributed by atoms with E-state index in [0.29, 0.717) is 31.9 Å². The smallest absolute Gasteiger partial charge is 0.273 e. The molecule has 0 unspecified atom stereocenters. The van der Waals surface area contributed by atoms with Gasteiger partial charge in [0, 0.05) is 61.3 Å². The zero-order valence-corrected chi connectivity index (χ0v) is 17.5. The van der Waals surface area contributed by atoms with Gasteiger partial charge in [-0.05, 0) is 29.8 Å². The Morgan fingerprint density at radius 2 is 1.90 bits per heavy atom. The van der Waals surface area contributed by atoms with Crippen LogP contribution in [0.1, 0.15) is 16.1 Å². The molecule has 2 amide bonds. The molecule has 0 spiro atoms. The molecule has 3 heterocycles. The van der Waals surface area contributed by atoms with Crippen LogP contribution in [0, 0.1) is 0 Å². The maximum atomic E-state index is 12.9. The molecule has 1 aliphatic rings. The van der Waals surface area contributed by atoms with Crippen LogP contribution >= 0.6 is 11.3 Å².